The van der Waals surface area contributed by atoms with Crippen LogP contribution in [-0.4, -0.2) is 6.04 Å². The van der Waals surface area contributed by atoms with Crippen LogP contribution in [0.25, 0.3) is 0 Å². The summed E-state index contributed by atoms with van der Waals surface area (Å²) in [5.41, 5.74) is 8.05. The largest absolute Gasteiger partial charge is 0.398 e. The second-order valence-electron chi connectivity index (χ2n) is 4.95. The minimum atomic E-state index is 0.674. The molecule has 0 heterocycles. The van der Waals surface area contributed by atoms with E-state index in [0.717, 1.165) is 18.2 Å². The van der Waals surface area contributed by atoms with Crippen molar-refractivity contribution in [2.24, 2.45) is 5.92 Å². The standard InChI is InChI=1S/C14H22N2/c1-11-6-2-5-9-14(11)16-10-12-7-3-4-8-13(12)15/h3-4,7-8,11,14,16H,2,5-6,9-10,15H2,1H3. The number of nitrogen functional groups attached to an aromatic ring is 1. The van der Waals surface area contributed by atoms with Gasteiger partial charge in [-0.25, -0.2) is 0 Å². The fourth-order valence-electron chi connectivity index (χ4n) is 2.56. The highest BCUT2D eigenvalue weighted by atomic mass is 14.9. The van der Waals surface area contributed by atoms with E-state index in [1.165, 1.54) is 31.2 Å². The van der Waals surface area contributed by atoms with Gasteiger partial charge >= 0.3 is 0 Å². The van der Waals surface area contributed by atoms with E-state index in [0.29, 0.717) is 6.04 Å². The molecule has 2 rings (SSSR count). The molecule has 1 aromatic carbocycles. The summed E-state index contributed by atoms with van der Waals surface area (Å²) in [4.78, 5) is 0. The fourth-order valence-corrected chi connectivity index (χ4v) is 2.56. The summed E-state index contributed by atoms with van der Waals surface area (Å²) in [5, 5.41) is 3.65. The molecule has 0 radical (unpaired) electrons. The number of anilines is 1. The third-order valence-electron chi connectivity index (χ3n) is 3.72. The third kappa shape index (κ3) is 2.76. The molecule has 16 heavy (non-hydrogen) atoms. The average Bonchev–Trinajstić information content (AvgIpc) is 2.30. The first kappa shape index (κ1) is 11.5. The van der Waals surface area contributed by atoms with Gasteiger partial charge in [0.25, 0.3) is 0 Å². The van der Waals surface area contributed by atoms with E-state index in [4.69, 9.17) is 5.73 Å². The third-order valence-corrected chi connectivity index (χ3v) is 3.72. The van der Waals surface area contributed by atoms with Crippen LogP contribution >= 0.6 is 0 Å². The molecule has 0 aromatic heterocycles. The molecule has 88 valence electrons. The molecule has 3 N–H and O–H groups in total. The number of nitrogens with one attached hydrogen (secondary N) is 1. The zero-order valence-electron chi connectivity index (χ0n) is 10.1. The van der Waals surface area contributed by atoms with Crippen molar-refractivity contribution in [3.05, 3.63) is 29.8 Å². The summed E-state index contributed by atoms with van der Waals surface area (Å²) < 4.78 is 0. The molecule has 0 spiro atoms. The van der Waals surface area contributed by atoms with Crippen molar-refractivity contribution in [3.63, 3.8) is 0 Å². The SMILES string of the molecule is CC1CCCCC1NCc1ccccc1N. The first-order chi connectivity index (χ1) is 7.77. The summed E-state index contributed by atoms with van der Waals surface area (Å²) >= 11 is 0. The van der Waals surface area contributed by atoms with Gasteiger partial charge in [-0.3, -0.25) is 0 Å². The molecule has 0 bridgehead atoms. The maximum atomic E-state index is 5.93. The Labute approximate surface area is 98.2 Å². The van der Waals surface area contributed by atoms with Crippen molar-refractivity contribution >= 4 is 5.69 Å². The molecule has 1 aromatic rings. The van der Waals surface area contributed by atoms with Gasteiger partial charge in [0.1, 0.15) is 0 Å². The summed E-state index contributed by atoms with van der Waals surface area (Å²) in [6.07, 6.45) is 5.44. The van der Waals surface area contributed by atoms with Gasteiger partial charge in [-0.05, 0) is 30.4 Å². The lowest BCUT2D eigenvalue weighted by atomic mass is 9.86. The minimum Gasteiger partial charge on any atom is -0.398 e. The molecule has 1 saturated carbocycles. The zero-order chi connectivity index (χ0) is 11.4. The number of para-hydroxylation sites is 1. The maximum absolute atomic E-state index is 5.93. The normalized spacial score (nSPS) is 25.6. The van der Waals surface area contributed by atoms with Gasteiger partial charge in [-0.15, -0.1) is 0 Å². The molecule has 1 aliphatic carbocycles. The smallest absolute Gasteiger partial charge is 0.0359 e. The number of rotatable bonds is 3. The number of nitrogens with two attached hydrogens (primary N) is 1. The Hall–Kier alpha value is -1.02. The average molecular weight is 218 g/mol. The minimum absolute atomic E-state index is 0.674. The molecule has 1 aliphatic rings. The van der Waals surface area contributed by atoms with E-state index in [1.54, 1.807) is 0 Å². The maximum Gasteiger partial charge on any atom is 0.0359 e. The van der Waals surface area contributed by atoms with Gasteiger partial charge < -0.3 is 11.1 Å². The first-order valence-electron chi connectivity index (χ1n) is 6.34. The van der Waals surface area contributed by atoms with Crippen LogP contribution in [0, 0.1) is 5.92 Å². The van der Waals surface area contributed by atoms with Crippen molar-refractivity contribution in [1.82, 2.24) is 5.32 Å². The Morgan fingerprint density at radius 2 is 2.00 bits per heavy atom. The lowest BCUT2D eigenvalue weighted by molar-refractivity contribution is 0.279. The lowest BCUT2D eigenvalue weighted by Gasteiger charge is -2.29. The molecule has 0 amide bonds. The van der Waals surface area contributed by atoms with Crippen molar-refractivity contribution in [3.8, 4) is 0 Å². The van der Waals surface area contributed by atoms with Gasteiger partial charge in [0.05, 0.1) is 0 Å². The molecule has 1 fully saturated rings. The summed E-state index contributed by atoms with van der Waals surface area (Å²) in [6, 6.07) is 8.80. The molecule has 2 nitrogen and oxygen atoms in total. The summed E-state index contributed by atoms with van der Waals surface area (Å²) in [7, 11) is 0. The quantitative estimate of drug-likeness (QED) is 0.765. The summed E-state index contributed by atoms with van der Waals surface area (Å²) in [5.74, 6) is 0.804. The molecule has 2 unspecified atom stereocenters. The zero-order valence-corrected chi connectivity index (χ0v) is 10.1. The van der Waals surface area contributed by atoms with Crippen LogP contribution in [0.4, 0.5) is 5.69 Å². The van der Waals surface area contributed by atoms with Crippen LogP contribution in [0.15, 0.2) is 24.3 Å². The Bertz CT molecular complexity index is 335. The molecular formula is C14H22N2. The predicted octanol–water partition coefficient (Wildman–Crippen LogP) is 2.94. The van der Waals surface area contributed by atoms with Crippen molar-refractivity contribution in [1.29, 1.82) is 0 Å². The summed E-state index contributed by atoms with van der Waals surface area (Å²) in [6.45, 7) is 3.26. The number of benzene rings is 1. The Morgan fingerprint density at radius 1 is 1.25 bits per heavy atom. The van der Waals surface area contributed by atoms with E-state index in [1.807, 2.05) is 12.1 Å². The second-order valence-corrected chi connectivity index (χ2v) is 4.95. The Balaban J connectivity index is 1.89. The predicted molar refractivity (Wildman–Crippen MR) is 69.1 cm³/mol. The highest BCUT2D eigenvalue weighted by Crippen LogP contribution is 2.24. The van der Waals surface area contributed by atoms with Crippen molar-refractivity contribution in [2.45, 2.75) is 45.2 Å². The Morgan fingerprint density at radius 3 is 2.75 bits per heavy atom. The number of hydrogen-bond acceptors (Lipinski definition) is 2. The van der Waals surface area contributed by atoms with E-state index in [2.05, 4.69) is 24.4 Å². The van der Waals surface area contributed by atoms with Crippen molar-refractivity contribution in [2.75, 3.05) is 5.73 Å². The van der Waals surface area contributed by atoms with Crippen molar-refractivity contribution < 1.29 is 0 Å². The van der Waals surface area contributed by atoms with E-state index < -0.39 is 0 Å². The fraction of sp³-hybridized carbons (Fsp3) is 0.571. The highest BCUT2D eigenvalue weighted by molar-refractivity contribution is 5.46. The lowest BCUT2D eigenvalue weighted by Crippen LogP contribution is -2.36. The van der Waals surface area contributed by atoms with Gasteiger partial charge in [0.2, 0.25) is 0 Å². The van der Waals surface area contributed by atoms with Crippen LogP contribution in [0.2, 0.25) is 0 Å². The van der Waals surface area contributed by atoms with E-state index in [-0.39, 0.29) is 0 Å². The van der Waals surface area contributed by atoms with Gasteiger partial charge in [0, 0.05) is 18.3 Å². The van der Waals surface area contributed by atoms with Crippen LogP contribution < -0.4 is 11.1 Å². The molecular weight excluding hydrogens is 196 g/mol. The second kappa shape index (κ2) is 5.35. The number of hydrogen-bond donors (Lipinski definition) is 2. The van der Waals surface area contributed by atoms with Gasteiger partial charge in [-0.1, -0.05) is 38.0 Å². The molecule has 0 saturated heterocycles. The molecule has 0 aliphatic heterocycles. The molecule has 2 heteroatoms. The van der Waals surface area contributed by atoms with Gasteiger partial charge in [0.15, 0.2) is 0 Å². The molecule has 2 atom stereocenters. The van der Waals surface area contributed by atoms with E-state index >= 15 is 0 Å². The van der Waals surface area contributed by atoms with Gasteiger partial charge in [-0.2, -0.15) is 0 Å². The van der Waals surface area contributed by atoms with Crippen LogP contribution in [0.5, 0.6) is 0 Å². The highest BCUT2D eigenvalue weighted by Gasteiger charge is 2.20. The first-order valence-corrected chi connectivity index (χ1v) is 6.34. The van der Waals surface area contributed by atoms with Crippen LogP contribution in [-0.2, 0) is 6.54 Å². The topological polar surface area (TPSA) is 38.0 Å². The van der Waals surface area contributed by atoms with E-state index in [9.17, 15) is 0 Å². The van der Waals surface area contributed by atoms with Crippen LogP contribution in [0.1, 0.15) is 38.2 Å². The van der Waals surface area contributed by atoms with Crippen LogP contribution in [0.3, 0.4) is 0 Å². The Kier molecular flexibility index (Phi) is 3.83. The monoisotopic (exact) mass is 218 g/mol.